The van der Waals surface area contributed by atoms with Crippen molar-refractivity contribution in [3.8, 4) is 17.0 Å². The first kappa shape index (κ1) is 19.5. The maximum Gasteiger partial charge on any atom is 0.245 e. The Kier molecular flexibility index (Phi) is 5.68. The molecular weight excluding hydrogens is 352 g/mol. The van der Waals surface area contributed by atoms with Gasteiger partial charge in [0, 0.05) is 23.4 Å². The number of methoxy groups -OCH3 is 1. The number of nitrogens with zero attached hydrogens (tertiary/aromatic N) is 1. The number of H-pyrrole nitrogens is 1. The fraction of sp³-hybridized carbons (Fsp3) is 0.273. The predicted octanol–water partition coefficient (Wildman–Crippen LogP) is 3.90. The second-order valence-corrected chi connectivity index (χ2v) is 7.30. The standard InChI is InChI=1S/C22H26N4O2/c1-15-5-9-18(10-6-15)25-22(2,3)21(27)23-13-17-14-24-26-20(17)16-7-11-19(28-4)12-8-16/h5-12,14,25H,13H2,1-4H3,(H,23,27)(H,24,26). The molecule has 0 spiro atoms. The van der Waals surface area contributed by atoms with Crippen LogP contribution in [0.2, 0.25) is 0 Å². The second kappa shape index (κ2) is 8.17. The Morgan fingerprint density at radius 3 is 2.43 bits per heavy atom. The number of hydrogen-bond acceptors (Lipinski definition) is 4. The maximum atomic E-state index is 12.7. The molecule has 3 rings (SSSR count). The van der Waals surface area contributed by atoms with Gasteiger partial charge in [0.05, 0.1) is 19.0 Å². The van der Waals surface area contributed by atoms with E-state index < -0.39 is 5.54 Å². The van der Waals surface area contributed by atoms with E-state index in [9.17, 15) is 4.79 Å². The largest absolute Gasteiger partial charge is 0.497 e. The monoisotopic (exact) mass is 378 g/mol. The van der Waals surface area contributed by atoms with Crippen molar-refractivity contribution < 1.29 is 9.53 Å². The predicted molar refractivity (Wildman–Crippen MR) is 111 cm³/mol. The van der Waals surface area contributed by atoms with E-state index in [1.807, 2.05) is 69.3 Å². The van der Waals surface area contributed by atoms with Crippen molar-refractivity contribution in [2.45, 2.75) is 32.9 Å². The SMILES string of the molecule is COc1ccc(-c2[nH]ncc2CNC(=O)C(C)(C)Nc2ccc(C)cc2)cc1. The Morgan fingerprint density at radius 2 is 1.79 bits per heavy atom. The first-order valence-corrected chi connectivity index (χ1v) is 9.19. The van der Waals surface area contributed by atoms with Crippen LogP contribution in [0.1, 0.15) is 25.0 Å². The van der Waals surface area contributed by atoms with E-state index in [-0.39, 0.29) is 5.91 Å². The number of aromatic nitrogens is 2. The molecule has 0 fully saturated rings. The minimum absolute atomic E-state index is 0.0880. The molecule has 6 nitrogen and oxygen atoms in total. The van der Waals surface area contributed by atoms with Gasteiger partial charge in [-0.15, -0.1) is 0 Å². The fourth-order valence-electron chi connectivity index (χ4n) is 2.90. The third-order valence-electron chi connectivity index (χ3n) is 4.61. The van der Waals surface area contributed by atoms with E-state index in [2.05, 4.69) is 20.8 Å². The minimum atomic E-state index is -0.751. The maximum absolute atomic E-state index is 12.7. The zero-order valence-corrected chi connectivity index (χ0v) is 16.7. The van der Waals surface area contributed by atoms with Crippen molar-refractivity contribution in [1.29, 1.82) is 0 Å². The summed E-state index contributed by atoms with van der Waals surface area (Å²) in [4.78, 5) is 12.7. The van der Waals surface area contributed by atoms with E-state index in [4.69, 9.17) is 4.74 Å². The van der Waals surface area contributed by atoms with Crippen molar-refractivity contribution in [2.75, 3.05) is 12.4 Å². The number of rotatable bonds is 7. The molecule has 1 amide bonds. The highest BCUT2D eigenvalue weighted by Crippen LogP contribution is 2.24. The minimum Gasteiger partial charge on any atom is -0.497 e. The van der Waals surface area contributed by atoms with E-state index in [1.165, 1.54) is 5.56 Å². The molecular formula is C22H26N4O2. The lowest BCUT2D eigenvalue weighted by atomic mass is 10.0. The van der Waals surface area contributed by atoms with Crippen molar-refractivity contribution in [3.05, 3.63) is 65.9 Å². The topological polar surface area (TPSA) is 79.0 Å². The number of aromatic amines is 1. The molecule has 6 heteroatoms. The Labute approximate surface area is 165 Å². The van der Waals surface area contributed by atoms with Gasteiger partial charge in [-0.05, 0) is 57.2 Å². The molecule has 0 bridgehead atoms. The Balaban J connectivity index is 1.65. The van der Waals surface area contributed by atoms with Crippen LogP contribution in [0.15, 0.2) is 54.7 Å². The molecule has 0 radical (unpaired) electrons. The summed E-state index contributed by atoms with van der Waals surface area (Å²) in [5, 5.41) is 13.4. The molecule has 3 N–H and O–H groups in total. The number of benzene rings is 2. The summed E-state index contributed by atoms with van der Waals surface area (Å²) < 4.78 is 5.20. The molecule has 1 heterocycles. The van der Waals surface area contributed by atoms with Crippen molar-refractivity contribution >= 4 is 11.6 Å². The molecule has 0 saturated heterocycles. The van der Waals surface area contributed by atoms with Gasteiger partial charge >= 0.3 is 0 Å². The number of hydrogen-bond donors (Lipinski definition) is 3. The lowest BCUT2D eigenvalue weighted by Crippen LogP contribution is -2.47. The summed E-state index contributed by atoms with van der Waals surface area (Å²) in [6.07, 6.45) is 1.74. The summed E-state index contributed by atoms with van der Waals surface area (Å²) >= 11 is 0. The number of anilines is 1. The van der Waals surface area contributed by atoms with Gasteiger partial charge in [0.15, 0.2) is 0 Å². The lowest BCUT2D eigenvalue weighted by Gasteiger charge is -2.26. The number of nitrogens with one attached hydrogen (secondary N) is 3. The Bertz CT molecular complexity index is 928. The van der Waals surface area contributed by atoms with Crippen LogP contribution in [-0.4, -0.2) is 28.8 Å². The molecule has 0 aliphatic carbocycles. The van der Waals surface area contributed by atoms with Crippen molar-refractivity contribution in [1.82, 2.24) is 15.5 Å². The van der Waals surface area contributed by atoms with E-state index >= 15 is 0 Å². The van der Waals surface area contributed by atoms with Crippen molar-refractivity contribution in [3.63, 3.8) is 0 Å². The molecule has 0 aliphatic rings. The molecule has 1 aromatic heterocycles. The van der Waals surface area contributed by atoms with Crippen LogP contribution in [0.4, 0.5) is 5.69 Å². The quantitative estimate of drug-likeness (QED) is 0.583. The Morgan fingerprint density at radius 1 is 1.11 bits per heavy atom. The number of carbonyl (C=O) groups is 1. The average molecular weight is 378 g/mol. The number of carbonyl (C=O) groups excluding carboxylic acids is 1. The van der Waals surface area contributed by atoms with Crippen LogP contribution < -0.4 is 15.4 Å². The molecule has 28 heavy (non-hydrogen) atoms. The van der Waals surface area contributed by atoms with Gasteiger partial charge in [0.1, 0.15) is 11.3 Å². The lowest BCUT2D eigenvalue weighted by molar-refractivity contribution is -0.124. The van der Waals surface area contributed by atoms with Crippen LogP contribution >= 0.6 is 0 Å². The highest BCUT2D eigenvalue weighted by molar-refractivity contribution is 5.88. The van der Waals surface area contributed by atoms with Gasteiger partial charge in [0.2, 0.25) is 5.91 Å². The van der Waals surface area contributed by atoms with Crippen LogP contribution in [0.5, 0.6) is 5.75 Å². The number of ether oxygens (including phenoxy) is 1. The van der Waals surface area contributed by atoms with Gasteiger partial charge in [0.25, 0.3) is 0 Å². The molecule has 3 aromatic rings. The highest BCUT2D eigenvalue weighted by atomic mass is 16.5. The van der Waals surface area contributed by atoms with Crippen LogP contribution in [0.25, 0.3) is 11.3 Å². The summed E-state index contributed by atoms with van der Waals surface area (Å²) in [6, 6.07) is 15.7. The van der Waals surface area contributed by atoms with Crippen LogP contribution in [0, 0.1) is 6.92 Å². The third kappa shape index (κ3) is 4.52. The number of amides is 1. The first-order chi connectivity index (χ1) is 13.4. The van der Waals surface area contributed by atoms with E-state index in [0.717, 1.165) is 28.3 Å². The van der Waals surface area contributed by atoms with E-state index in [0.29, 0.717) is 6.54 Å². The van der Waals surface area contributed by atoms with Gasteiger partial charge in [-0.2, -0.15) is 5.10 Å². The molecule has 0 aliphatic heterocycles. The zero-order valence-electron chi connectivity index (χ0n) is 16.7. The van der Waals surface area contributed by atoms with Crippen LogP contribution in [0.3, 0.4) is 0 Å². The van der Waals surface area contributed by atoms with Crippen molar-refractivity contribution in [2.24, 2.45) is 0 Å². The summed E-state index contributed by atoms with van der Waals surface area (Å²) in [7, 11) is 1.64. The first-order valence-electron chi connectivity index (χ1n) is 9.19. The van der Waals surface area contributed by atoms with Gasteiger partial charge in [-0.25, -0.2) is 0 Å². The fourth-order valence-corrected chi connectivity index (χ4v) is 2.90. The Hall–Kier alpha value is -3.28. The molecule has 0 atom stereocenters. The molecule has 0 saturated carbocycles. The summed E-state index contributed by atoms with van der Waals surface area (Å²) in [5.74, 6) is 0.706. The van der Waals surface area contributed by atoms with Gasteiger partial charge in [-0.3, -0.25) is 9.89 Å². The smallest absolute Gasteiger partial charge is 0.245 e. The third-order valence-corrected chi connectivity index (χ3v) is 4.61. The summed E-state index contributed by atoms with van der Waals surface area (Å²) in [5.41, 5.74) is 4.13. The van der Waals surface area contributed by atoms with E-state index in [1.54, 1.807) is 13.3 Å². The van der Waals surface area contributed by atoms with Gasteiger partial charge in [-0.1, -0.05) is 17.7 Å². The average Bonchev–Trinajstić information content (AvgIpc) is 3.16. The summed E-state index contributed by atoms with van der Waals surface area (Å²) in [6.45, 7) is 6.15. The number of aryl methyl sites for hydroxylation is 1. The van der Waals surface area contributed by atoms with Gasteiger partial charge < -0.3 is 15.4 Å². The molecule has 146 valence electrons. The molecule has 0 unspecified atom stereocenters. The highest BCUT2D eigenvalue weighted by Gasteiger charge is 2.27. The van der Waals surface area contributed by atoms with Crippen LogP contribution in [-0.2, 0) is 11.3 Å². The second-order valence-electron chi connectivity index (χ2n) is 7.30. The normalized spacial score (nSPS) is 11.1. The molecule has 2 aromatic carbocycles. The zero-order chi connectivity index (χ0) is 20.1.